The lowest BCUT2D eigenvalue weighted by atomic mass is 9.73. The molecule has 286 valence electrons. The molecule has 0 fully saturated rings. The van der Waals surface area contributed by atoms with E-state index in [1.165, 1.54) is 66.6 Å². The molecule has 1 aromatic heterocycles. The minimum absolute atomic E-state index is 0.148. The third-order valence-corrected chi connectivity index (χ3v) is 12.4. The quantitative estimate of drug-likeness (QED) is 0.160. The molecule has 2 heterocycles. The van der Waals surface area contributed by atoms with Gasteiger partial charge in [0.25, 0.3) is 0 Å². The van der Waals surface area contributed by atoms with Gasteiger partial charge in [-0.15, -0.1) is 0 Å². The van der Waals surface area contributed by atoms with Crippen molar-refractivity contribution in [3.63, 3.8) is 0 Å². The summed E-state index contributed by atoms with van der Waals surface area (Å²) < 4.78 is 2.37. The van der Waals surface area contributed by atoms with Crippen molar-refractivity contribution in [2.75, 3.05) is 9.80 Å². The van der Waals surface area contributed by atoms with E-state index in [0.29, 0.717) is 0 Å². The van der Waals surface area contributed by atoms with Gasteiger partial charge in [-0.2, -0.15) is 0 Å². The van der Waals surface area contributed by atoms with E-state index < -0.39 is 0 Å². The monoisotopic (exact) mass is 769 g/mol. The Morgan fingerprint density at radius 2 is 0.850 bits per heavy atom. The third kappa shape index (κ3) is 5.89. The van der Waals surface area contributed by atoms with Gasteiger partial charge in [-0.1, -0.05) is 153 Å². The summed E-state index contributed by atoms with van der Waals surface area (Å²) in [7, 11) is 0. The Balaban J connectivity index is 1.03. The topological polar surface area (TPSA) is 11.4 Å². The van der Waals surface area contributed by atoms with Crippen LogP contribution in [0, 0.1) is 0 Å². The normalized spacial score (nSPS) is 12.9. The van der Waals surface area contributed by atoms with Crippen molar-refractivity contribution in [1.82, 2.24) is 4.57 Å². The Morgan fingerprint density at radius 3 is 1.55 bits per heavy atom. The standard InChI is InChI=1S/C57H43N3/c1-57(2)51-23-13-15-25-55(51)60(45-20-10-5-11-21-45)56-38-43(30-36-52(56)57)42-28-33-47(34-29-42)58(46-31-26-41(27-32-46)40-16-6-3-7-17-40)48-35-37-54-50(39-48)49-22-12-14-24-53(49)59(54)44-18-8-4-9-19-44/h3-39H,1-2H3. The van der Waals surface area contributed by atoms with Gasteiger partial charge in [0.2, 0.25) is 0 Å². The number of benzene rings is 9. The molecule has 0 spiro atoms. The van der Waals surface area contributed by atoms with Gasteiger partial charge in [0, 0.05) is 44.6 Å². The first kappa shape index (κ1) is 35.5. The van der Waals surface area contributed by atoms with E-state index in [2.05, 4.69) is 253 Å². The van der Waals surface area contributed by atoms with Crippen LogP contribution in [0.4, 0.5) is 34.1 Å². The molecule has 0 saturated heterocycles. The van der Waals surface area contributed by atoms with E-state index in [9.17, 15) is 0 Å². The first-order valence-electron chi connectivity index (χ1n) is 20.8. The molecule has 0 unspecified atom stereocenters. The van der Waals surface area contributed by atoms with Crippen molar-refractivity contribution in [2.24, 2.45) is 0 Å². The molecule has 11 rings (SSSR count). The van der Waals surface area contributed by atoms with Gasteiger partial charge >= 0.3 is 0 Å². The average Bonchev–Trinajstić information content (AvgIpc) is 3.64. The molecule has 1 aliphatic rings. The summed E-state index contributed by atoms with van der Waals surface area (Å²) in [5, 5.41) is 2.45. The van der Waals surface area contributed by atoms with E-state index in [1.807, 2.05) is 0 Å². The van der Waals surface area contributed by atoms with Gasteiger partial charge in [0.1, 0.15) is 0 Å². The SMILES string of the molecule is CC1(C)c2ccccc2N(c2ccccc2)c2cc(-c3ccc(N(c4ccc(-c5ccccc5)cc4)c4ccc5c(c4)c4ccccc4n5-c4ccccc4)cc3)ccc21. The Labute approximate surface area is 351 Å². The molecule has 0 bridgehead atoms. The molecule has 0 aliphatic carbocycles. The highest BCUT2D eigenvalue weighted by atomic mass is 15.2. The van der Waals surface area contributed by atoms with Gasteiger partial charge < -0.3 is 14.4 Å². The summed E-state index contributed by atoms with van der Waals surface area (Å²) in [6, 6.07) is 81.6. The van der Waals surface area contributed by atoms with Crippen molar-refractivity contribution in [3.05, 3.63) is 236 Å². The molecule has 9 aromatic carbocycles. The fraction of sp³-hybridized carbons (Fsp3) is 0.0526. The Kier molecular flexibility index (Phi) is 8.49. The first-order valence-corrected chi connectivity index (χ1v) is 20.8. The summed E-state index contributed by atoms with van der Waals surface area (Å²) in [5.41, 5.74) is 17.7. The maximum Gasteiger partial charge on any atom is 0.0542 e. The van der Waals surface area contributed by atoms with E-state index in [4.69, 9.17) is 0 Å². The Hall–Kier alpha value is -7.62. The number of fused-ring (bicyclic) bond motifs is 5. The zero-order valence-electron chi connectivity index (χ0n) is 33.7. The second kappa shape index (κ2) is 14.3. The van der Waals surface area contributed by atoms with Crippen LogP contribution in [0.5, 0.6) is 0 Å². The van der Waals surface area contributed by atoms with Crippen LogP contribution in [0.25, 0.3) is 49.7 Å². The van der Waals surface area contributed by atoms with Crippen molar-refractivity contribution in [1.29, 1.82) is 0 Å². The molecule has 0 atom stereocenters. The third-order valence-electron chi connectivity index (χ3n) is 12.4. The Morgan fingerprint density at radius 1 is 0.350 bits per heavy atom. The number of rotatable bonds is 7. The zero-order valence-corrected chi connectivity index (χ0v) is 33.7. The predicted molar refractivity (Wildman–Crippen MR) is 253 cm³/mol. The predicted octanol–water partition coefficient (Wildman–Crippen LogP) is 15.7. The fourth-order valence-electron chi connectivity index (χ4n) is 9.39. The van der Waals surface area contributed by atoms with Crippen molar-refractivity contribution >= 4 is 55.9 Å². The van der Waals surface area contributed by atoms with Crippen molar-refractivity contribution in [3.8, 4) is 27.9 Å². The molecule has 1 aliphatic heterocycles. The smallest absolute Gasteiger partial charge is 0.0542 e. The minimum Gasteiger partial charge on any atom is -0.310 e. The fourth-order valence-corrected chi connectivity index (χ4v) is 9.39. The first-order chi connectivity index (χ1) is 29.5. The minimum atomic E-state index is -0.148. The largest absolute Gasteiger partial charge is 0.310 e. The van der Waals surface area contributed by atoms with Crippen LogP contribution >= 0.6 is 0 Å². The van der Waals surface area contributed by atoms with Crippen LogP contribution in [0.1, 0.15) is 25.0 Å². The summed E-state index contributed by atoms with van der Waals surface area (Å²) in [5.74, 6) is 0. The summed E-state index contributed by atoms with van der Waals surface area (Å²) in [6.45, 7) is 4.69. The van der Waals surface area contributed by atoms with Gasteiger partial charge in [0.05, 0.1) is 22.4 Å². The van der Waals surface area contributed by atoms with Crippen LogP contribution in [0.15, 0.2) is 224 Å². The number of nitrogens with zero attached hydrogens (tertiary/aromatic N) is 3. The van der Waals surface area contributed by atoms with Crippen LogP contribution in [0.3, 0.4) is 0 Å². The highest BCUT2D eigenvalue weighted by Crippen LogP contribution is 2.52. The van der Waals surface area contributed by atoms with Gasteiger partial charge in [-0.3, -0.25) is 0 Å². The number of hydrogen-bond acceptors (Lipinski definition) is 2. The maximum atomic E-state index is 2.43. The van der Waals surface area contributed by atoms with Gasteiger partial charge in [-0.25, -0.2) is 0 Å². The van der Waals surface area contributed by atoms with E-state index in [1.54, 1.807) is 0 Å². The second-order valence-corrected chi connectivity index (χ2v) is 16.2. The lowest BCUT2D eigenvalue weighted by Gasteiger charge is -2.42. The number of aromatic nitrogens is 1. The Bertz CT molecular complexity index is 3150. The average molecular weight is 770 g/mol. The van der Waals surface area contributed by atoms with Crippen LogP contribution in [-0.4, -0.2) is 4.57 Å². The lowest BCUT2D eigenvalue weighted by Crippen LogP contribution is -2.30. The molecule has 3 nitrogen and oxygen atoms in total. The molecule has 60 heavy (non-hydrogen) atoms. The molecule has 3 heteroatoms. The highest BCUT2D eigenvalue weighted by Gasteiger charge is 2.36. The van der Waals surface area contributed by atoms with Gasteiger partial charge in [0.15, 0.2) is 0 Å². The summed E-state index contributed by atoms with van der Waals surface area (Å²) in [4.78, 5) is 4.82. The number of anilines is 6. The van der Waals surface area contributed by atoms with E-state index in [0.717, 1.165) is 28.4 Å². The van der Waals surface area contributed by atoms with E-state index in [-0.39, 0.29) is 5.41 Å². The molecule has 0 saturated carbocycles. The van der Waals surface area contributed by atoms with E-state index >= 15 is 0 Å². The zero-order chi connectivity index (χ0) is 40.2. The lowest BCUT2D eigenvalue weighted by molar-refractivity contribution is 0.632. The maximum absolute atomic E-state index is 2.43. The molecular formula is C57H43N3. The summed E-state index contributed by atoms with van der Waals surface area (Å²) in [6.07, 6.45) is 0. The van der Waals surface area contributed by atoms with Gasteiger partial charge in [-0.05, 0) is 118 Å². The van der Waals surface area contributed by atoms with Crippen molar-refractivity contribution in [2.45, 2.75) is 19.3 Å². The number of hydrogen-bond donors (Lipinski definition) is 0. The van der Waals surface area contributed by atoms with Crippen LogP contribution < -0.4 is 9.80 Å². The molecule has 0 N–H and O–H groups in total. The summed E-state index contributed by atoms with van der Waals surface area (Å²) >= 11 is 0. The van der Waals surface area contributed by atoms with Crippen LogP contribution in [-0.2, 0) is 5.41 Å². The number of para-hydroxylation sites is 4. The molecule has 0 amide bonds. The van der Waals surface area contributed by atoms with Crippen LogP contribution in [0.2, 0.25) is 0 Å². The van der Waals surface area contributed by atoms with Crippen molar-refractivity contribution < 1.29 is 0 Å². The molecule has 10 aromatic rings. The molecular weight excluding hydrogens is 727 g/mol. The molecule has 0 radical (unpaired) electrons. The highest BCUT2D eigenvalue weighted by molar-refractivity contribution is 6.10. The second-order valence-electron chi connectivity index (χ2n) is 16.2.